The minimum absolute atomic E-state index is 0.0374. The Morgan fingerprint density at radius 2 is 2.00 bits per heavy atom. The Balaban J connectivity index is 1.74. The van der Waals surface area contributed by atoms with Crippen LogP contribution in [0.2, 0.25) is 0 Å². The van der Waals surface area contributed by atoms with Gasteiger partial charge in [0, 0.05) is 12.1 Å². The fraction of sp³-hybridized carbons (Fsp3) is 0.391. The maximum Gasteiger partial charge on any atom is 0.265 e. The number of anilines is 1. The Bertz CT molecular complexity index is 890. The normalized spacial score (nSPS) is 14.4. The van der Waals surface area contributed by atoms with Crippen molar-refractivity contribution in [2.45, 2.75) is 46.8 Å². The second kappa shape index (κ2) is 8.57. The number of hydrogen-bond donors (Lipinski definition) is 0. The van der Waals surface area contributed by atoms with Crippen molar-refractivity contribution < 1.29 is 19.1 Å². The Labute approximate surface area is 166 Å². The molecule has 0 radical (unpaired) electrons. The van der Waals surface area contributed by atoms with E-state index in [9.17, 15) is 9.59 Å². The third kappa shape index (κ3) is 4.25. The molecule has 0 N–H and O–H groups in total. The number of carbonyl (C=O) groups excluding carboxylic acids is 2. The summed E-state index contributed by atoms with van der Waals surface area (Å²) >= 11 is 0. The minimum atomic E-state index is -0.585. The molecule has 3 rings (SSSR count). The smallest absolute Gasteiger partial charge is 0.265 e. The first kappa shape index (κ1) is 20.1. The summed E-state index contributed by atoms with van der Waals surface area (Å²) in [6.07, 6.45) is 0.247. The SMILES string of the molecule is CCCN1C(=O)COc2ccc(C(=O)C(C)OCc3ccc(C)cc3C)cc21. The van der Waals surface area contributed by atoms with Gasteiger partial charge in [0.1, 0.15) is 11.9 Å². The molecule has 5 nitrogen and oxygen atoms in total. The number of ether oxygens (including phenoxy) is 2. The summed E-state index contributed by atoms with van der Waals surface area (Å²) in [5, 5.41) is 0. The lowest BCUT2D eigenvalue weighted by Gasteiger charge is -2.29. The van der Waals surface area contributed by atoms with Crippen molar-refractivity contribution in [3.63, 3.8) is 0 Å². The first-order valence-corrected chi connectivity index (χ1v) is 9.70. The summed E-state index contributed by atoms with van der Waals surface area (Å²) in [6, 6.07) is 11.4. The molecule has 1 atom stereocenters. The van der Waals surface area contributed by atoms with Crippen LogP contribution in [0.3, 0.4) is 0 Å². The zero-order valence-corrected chi connectivity index (χ0v) is 17.0. The van der Waals surface area contributed by atoms with Gasteiger partial charge in [0.05, 0.1) is 12.3 Å². The molecule has 0 fully saturated rings. The van der Waals surface area contributed by atoms with Crippen molar-refractivity contribution in [2.75, 3.05) is 18.1 Å². The van der Waals surface area contributed by atoms with Crippen molar-refractivity contribution in [3.8, 4) is 5.75 Å². The summed E-state index contributed by atoms with van der Waals surface area (Å²) in [5.74, 6) is 0.439. The van der Waals surface area contributed by atoms with Crippen LogP contribution in [0.15, 0.2) is 36.4 Å². The Morgan fingerprint density at radius 1 is 1.21 bits per heavy atom. The van der Waals surface area contributed by atoms with Gasteiger partial charge in [-0.25, -0.2) is 0 Å². The molecule has 1 unspecified atom stereocenters. The molecule has 5 heteroatoms. The van der Waals surface area contributed by atoms with E-state index in [0.29, 0.717) is 30.2 Å². The molecular formula is C23H27NO4. The van der Waals surface area contributed by atoms with E-state index in [2.05, 4.69) is 13.0 Å². The first-order chi connectivity index (χ1) is 13.4. The standard InChI is InChI=1S/C23H27NO4/c1-5-10-24-20-12-18(8-9-21(20)28-14-22(24)25)23(26)17(4)27-13-19-7-6-15(2)11-16(19)3/h6-9,11-12,17H,5,10,13-14H2,1-4H3. The molecule has 0 aromatic heterocycles. The lowest BCUT2D eigenvalue weighted by molar-refractivity contribution is -0.121. The van der Waals surface area contributed by atoms with Crippen LogP contribution in [0.4, 0.5) is 5.69 Å². The number of rotatable bonds is 7. The predicted octanol–water partition coefficient (Wildman–Crippen LogP) is 4.23. The summed E-state index contributed by atoms with van der Waals surface area (Å²) in [6.45, 7) is 8.89. The molecule has 1 aliphatic heterocycles. The van der Waals surface area contributed by atoms with Crippen LogP contribution < -0.4 is 9.64 Å². The first-order valence-electron chi connectivity index (χ1n) is 9.70. The van der Waals surface area contributed by atoms with E-state index in [1.54, 1.807) is 30.0 Å². The molecule has 28 heavy (non-hydrogen) atoms. The third-order valence-electron chi connectivity index (χ3n) is 4.99. The van der Waals surface area contributed by atoms with Crippen LogP contribution >= 0.6 is 0 Å². The second-order valence-electron chi connectivity index (χ2n) is 7.26. The van der Waals surface area contributed by atoms with Crippen molar-refractivity contribution in [2.24, 2.45) is 0 Å². The number of nitrogens with zero attached hydrogens (tertiary/aromatic N) is 1. The topological polar surface area (TPSA) is 55.8 Å². The molecule has 0 aliphatic carbocycles. The summed E-state index contributed by atoms with van der Waals surface area (Å²) < 4.78 is 11.3. The third-order valence-corrected chi connectivity index (χ3v) is 4.99. The zero-order valence-electron chi connectivity index (χ0n) is 17.0. The van der Waals surface area contributed by atoms with Crippen LogP contribution in [0.5, 0.6) is 5.75 Å². The van der Waals surface area contributed by atoms with Gasteiger partial charge in [-0.2, -0.15) is 0 Å². The molecule has 2 aromatic rings. The molecular weight excluding hydrogens is 354 g/mol. The second-order valence-corrected chi connectivity index (χ2v) is 7.26. The largest absolute Gasteiger partial charge is 0.482 e. The van der Waals surface area contributed by atoms with Gasteiger partial charge in [-0.05, 0) is 56.5 Å². The van der Waals surface area contributed by atoms with E-state index >= 15 is 0 Å². The van der Waals surface area contributed by atoms with Gasteiger partial charge in [-0.3, -0.25) is 9.59 Å². The minimum Gasteiger partial charge on any atom is -0.482 e. The van der Waals surface area contributed by atoms with Crippen molar-refractivity contribution in [3.05, 3.63) is 58.7 Å². The molecule has 0 saturated heterocycles. The molecule has 0 saturated carbocycles. The molecule has 0 spiro atoms. The van der Waals surface area contributed by atoms with Gasteiger partial charge in [-0.1, -0.05) is 30.7 Å². The molecule has 1 aliphatic rings. The van der Waals surface area contributed by atoms with E-state index in [1.807, 2.05) is 26.0 Å². The number of hydrogen-bond acceptors (Lipinski definition) is 4. The average Bonchev–Trinajstić information content (AvgIpc) is 2.68. The average molecular weight is 381 g/mol. The quantitative estimate of drug-likeness (QED) is 0.674. The van der Waals surface area contributed by atoms with Crippen molar-refractivity contribution >= 4 is 17.4 Å². The lowest BCUT2D eigenvalue weighted by Crippen LogP contribution is -2.39. The molecule has 1 amide bonds. The van der Waals surface area contributed by atoms with E-state index in [0.717, 1.165) is 17.5 Å². The van der Waals surface area contributed by atoms with Gasteiger partial charge < -0.3 is 14.4 Å². The Morgan fingerprint density at radius 3 is 2.71 bits per heavy atom. The van der Waals surface area contributed by atoms with E-state index in [-0.39, 0.29) is 18.3 Å². The number of fused-ring (bicyclic) bond motifs is 1. The molecule has 148 valence electrons. The van der Waals surface area contributed by atoms with E-state index < -0.39 is 6.10 Å². The number of ketones is 1. The van der Waals surface area contributed by atoms with Crippen LogP contribution in [0.25, 0.3) is 0 Å². The highest BCUT2D eigenvalue weighted by Gasteiger charge is 2.27. The van der Waals surface area contributed by atoms with E-state index in [1.165, 1.54) is 5.56 Å². The summed E-state index contributed by atoms with van der Waals surface area (Å²) in [5.41, 5.74) is 4.60. The molecule has 0 bridgehead atoms. The maximum absolute atomic E-state index is 12.9. The van der Waals surface area contributed by atoms with Crippen LogP contribution in [0, 0.1) is 13.8 Å². The molecule has 2 aromatic carbocycles. The van der Waals surface area contributed by atoms with Gasteiger partial charge in [0.2, 0.25) is 0 Å². The van der Waals surface area contributed by atoms with Crippen molar-refractivity contribution in [1.29, 1.82) is 0 Å². The monoisotopic (exact) mass is 381 g/mol. The number of aryl methyl sites for hydroxylation is 2. The number of amides is 1. The maximum atomic E-state index is 12.9. The zero-order chi connectivity index (χ0) is 20.3. The highest BCUT2D eigenvalue weighted by molar-refractivity contribution is 6.03. The van der Waals surface area contributed by atoms with Gasteiger partial charge in [0.15, 0.2) is 12.4 Å². The van der Waals surface area contributed by atoms with E-state index in [4.69, 9.17) is 9.47 Å². The fourth-order valence-corrected chi connectivity index (χ4v) is 3.36. The lowest BCUT2D eigenvalue weighted by atomic mass is 10.0. The number of benzene rings is 2. The van der Waals surface area contributed by atoms with Crippen LogP contribution in [0.1, 0.15) is 47.3 Å². The Hall–Kier alpha value is -2.66. The van der Waals surface area contributed by atoms with Crippen LogP contribution in [-0.2, 0) is 16.1 Å². The van der Waals surface area contributed by atoms with Crippen LogP contribution in [-0.4, -0.2) is 30.9 Å². The fourth-order valence-electron chi connectivity index (χ4n) is 3.36. The predicted molar refractivity (Wildman–Crippen MR) is 109 cm³/mol. The van der Waals surface area contributed by atoms with Gasteiger partial charge >= 0.3 is 0 Å². The Kier molecular flexibility index (Phi) is 6.15. The highest BCUT2D eigenvalue weighted by atomic mass is 16.5. The number of carbonyl (C=O) groups is 2. The number of Topliss-reactive ketones (excluding diaryl/α,β-unsaturated/α-hetero) is 1. The summed E-state index contributed by atoms with van der Waals surface area (Å²) in [4.78, 5) is 26.7. The van der Waals surface area contributed by atoms with Crippen molar-refractivity contribution in [1.82, 2.24) is 0 Å². The van der Waals surface area contributed by atoms with Gasteiger partial charge in [-0.15, -0.1) is 0 Å². The highest BCUT2D eigenvalue weighted by Crippen LogP contribution is 2.33. The summed E-state index contributed by atoms with van der Waals surface area (Å²) in [7, 11) is 0. The van der Waals surface area contributed by atoms with Gasteiger partial charge in [0.25, 0.3) is 5.91 Å². The molecule has 1 heterocycles.